The molecule has 2 fully saturated rings. The number of imide groups is 1. The number of phenolic OH excluding ortho intramolecular Hbond substituents is 1. The van der Waals surface area contributed by atoms with E-state index in [4.69, 9.17) is 23.7 Å². The molecule has 14 heteroatoms. The molecule has 364 valence electrons. The Balaban J connectivity index is 0.932. The van der Waals surface area contributed by atoms with Gasteiger partial charge in [0.15, 0.2) is 17.7 Å². The summed E-state index contributed by atoms with van der Waals surface area (Å²) >= 11 is 0. The van der Waals surface area contributed by atoms with Gasteiger partial charge < -0.3 is 49.4 Å². The Kier molecular flexibility index (Phi) is 11.8. The van der Waals surface area contributed by atoms with Crippen molar-refractivity contribution in [3.05, 3.63) is 99.6 Å². The minimum Gasteiger partial charge on any atom is -0.502 e. The topological polar surface area (TPSA) is 189 Å². The lowest BCUT2D eigenvalue weighted by atomic mass is 9.45. The number of rotatable bonds is 14. The van der Waals surface area contributed by atoms with Crippen molar-refractivity contribution in [2.24, 2.45) is 23.2 Å². The fourth-order valence-corrected chi connectivity index (χ4v) is 14.1. The van der Waals surface area contributed by atoms with E-state index >= 15 is 0 Å². The van der Waals surface area contributed by atoms with Gasteiger partial charge in [0, 0.05) is 76.0 Å². The molecule has 0 radical (unpaired) electrons. The first-order chi connectivity index (χ1) is 33.5. The van der Waals surface area contributed by atoms with Gasteiger partial charge in [0.25, 0.3) is 11.8 Å². The molecule has 6 N–H and O–H groups in total. The number of benzene rings is 4. The van der Waals surface area contributed by atoms with Gasteiger partial charge in [-0.05, 0) is 110 Å². The van der Waals surface area contributed by atoms with Crippen molar-refractivity contribution in [2.45, 2.75) is 94.8 Å². The molecule has 2 amide bonds. The fourth-order valence-electron chi connectivity index (χ4n) is 14.1. The summed E-state index contributed by atoms with van der Waals surface area (Å²) in [5, 5.41) is 54.0. The molecular formula is C55H63N3O11. The molecule has 7 aliphatic rings. The standard InChI is InChI=1S/C55H63N3O11/c1-4-56-29-69-42-22-40(65-2)35-13-14-36-47-39(57-53(64)50(42)49(35)47)21-41-48(36)51(62)37(28-68-41)31-19-43(66-3)52(63)44(20-31)67-27-34(26-59)55-24-33(25-58-45(60)15-16-46(58)61)54(17-7-8-18-54)23-32(55)12-11-30-9-5-6-10-38(30)55/h5-6,9-10,15-16,19-22,32-34,37,51,53,56-57,59,62-64H,4,7-8,11-14,17-18,23-29H2,1-3H3/t32-,33+,34+,37+,51+,53+,55+/m1/s1. The summed E-state index contributed by atoms with van der Waals surface area (Å²) < 4.78 is 31.1. The molecule has 4 aromatic rings. The SMILES string of the molecule is CCNCOc1cc(OC)c2c3c1[C@H](O)Nc1cc4c(c(c1-3)CC2)[C@@H](O)[C@H](c1cc(OC)c(O)c(OC[C@H](CO)[C@]23C[C@@H](CN5C(=O)C=CC5=O)C5(CCCC5)C[C@H]2CCc2ccccc23)c1)CO4. The number of aliphatic hydroxyl groups excluding tert-OH is 3. The average molecular weight is 942 g/mol. The highest BCUT2D eigenvalue weighted by Gasteiger charge is 2.60. The first-order valence-electron chi connectivity index (χ1n) is 24.8. The Morgan fingerprint density at radius 2 is 1.64 bits per heavy atom. The second-order valence-electron chi connectivity index (χ2n) is 20.3. The minimum absolute atomic E-state index is 0.0106. The minimum atomic E-state index is -1.06. The molecule has 14 nitrogen and oxygen atoms in total. The number of hydrogen-bond donors (Lipinski definition) is 6. The van der Waals surface area contributed by atoms with E-state index in [2.05, 4.69) is 34.9 Å². The van der Waals surface area contributed by atoms with Gasteiger partial charge in [-0.2, -0.15) is 0 Å². The number of anilines is 1. The van der Waals surface area contributed by atoms with E-state index in [1.165, 1.54) is 35.3 Å². The number of carbonyl (C=O) groups excluding carboxylic acids is 2. The van der Waals surface area contributed by atoms with Gasteiger partial charge in [0.2, 0.25) is 5.75 Å². The molecule has 3 aliphatic heterocycles. The monoisotopic (exact) mass is 941 g/mol. The van der Waals surface area contributed by atoms with Crippen LogP contribution in [0.25, 0.3) is 11.1 Å². The van der Waals surface area contributed by atoms with Gasteiger partial charge >= 0.3 is 0 Å². The summed E-state index contributed by atoms with van der Waals surface area (Å²) in [4.78, 5) is 27.6. The highest BCUT2D eigenvalue weighted by Crippen LogP contribution is 2.65. The van der Waals surface area contributed by atoms with Gasteiger partial charge in [-0.25, -0.2) is 0 Å². The van der Waals surface area contributed by atoms with Crippen LogP contribution in [0.2, 0.25) is 0 Å². The van der Waals surface area contributed by atoms with Gasteiger partial charge in [-0.3, -0.25) is 19.8 Å². The predicted molar refractivity (Wildman–Crippen MR) is 257 cm³/mol. The van der Waals surface area contributed by atoms with Crippen LogP contribution in [0.1, 0.15) is 109 Å². The van der Waals surface area contributed by atoms with E-state index in [1.807, 2.05) is 19.1 Å². The second-order valence-corrected chi connectivity index (χ2v) is 20.3. The molecule has 11 rings (SSSR count). The Morgan fingerprint density at radius 3 is 2.39 bits per heavy atom. The van der Waals surface area contributed by atoms with Crippen LogP contribution in [0.4, 0.5) is 5.69 Å². The average Bonchev–Trinajstić information content (AvgIpc) is 3.96. The number of aliphatic hydroxyl groups is 3. The van der Waals surface area contributed by atoms with Crippen LogP contribution in [0, 0.1) is 23.2 Å². The Bertz CT molecular complexity index is 2710. The first kappa shape index (κ1) is 45.6. The van der Waals surface area contributed by atoms with Crippen molar-refractivity contribution in [3.63, 3.8) is 0 Å². The van der Waals surface area contributed by atoms with Crippen molar-refractivity contribution in [1.29, 1.82) is 0 Å². The number of fused-ring (bicyclic) bond motifs is 5. The largest absolute Gasteiger partial charge is 0.502 e. The lowest BCUT2D eigenvalue weighted by molar-refractivity contribution is -0.140. The zero-order chi connectivity index (χ0) is 47.8. The number of hydrogen-bond acceptors (Lipinski definition) is 13. The third-order valence-electron chi connectivity index (χ3n) is 17.3. The van der Waals surface area contributed by atoms with E-state index in [0.717, 1.165) is 67.2 Å². The van der Waals surface area contributed by atoms with E-state index in [1.54, 1.807) is 19.2 Å². The molecule has 4 aromatic carbocycles. The van der Waals surface area contributed by atoms with Crippen molar-refractivity contribution in [2.75, 3.05) is 59.2 Å². The van der Waals surface area contributed by atoms with Crippen molar-refractivity contribution >= 4 is 17.5 Å². The Labute approximate surface area is 402 Å². The normalized spacial score (nSPS) is 26.1. The lowest BCUT2D eigenvalue weighted by Crippen LogP contribution is -2.58. The smallest absolute Gasteiger partial charge is 0.253 e. The highest BCUT2D eigenvalue weighted by molar-refractivity contribution is 6.12. The van der Waals surface area contributed by atoms with Crippen molar-refractivity contribution in [1.82, 2.24) is 10.2 Å². The number of ether oxygens (including phenoxy) is 5. The van der Waals surface area contributed by atoms with Crippen LogP contribution in [-0.2, 0) is 34.3 Å². The third kappa shape index (κ3) is 7.26. The fraction of sp³-hybridized carbons (Fsp3) is 0.491. The molecule has 1 spiro atoms. The molecular weight excluding hydrogens is 879 g/mol. The predicted octanol–water partition coefficient (Wildman–Crippen LogP) is 7.13. The van der Waals surface area contributed by atoms with Gasteiger partial charge in [-0.1, -0.05) is 44.0 Å². The van der Waals surface area contributed by atoms with Crippen LogP contribution in [-0.4, -0.2) is 91.0 Å². The van der Waals surface area contributed by atoms with Gasteiger partial charge in [0.05, 0.1) is 45.7 Å². The number of amides is 2. The molecule has 0 bridgehead atoms. The quantitative estimate of drug-likeness (QED) is 0.0426. The van der Waals surface area contributed by atoms with Gasteiger partial charge in [-0.15, -0.1) is 0 Å². The molecule has 2 saturated carbocycles. The Hall–Kier alpha value is -5.80. The molecule has 3 heterocycles. The maximum atomic E-state index is 13.1. The van der Waals surface area contributed by atoms with Crippen LogP contribution >= 0.6 is 0 Å². The summed E-state index contributed by atoms with van der Waals surface area (Å²) in [7, 11) is 3.11. The van der Waals surface area contributed by atoms with E-state index in [0.29, 0.717) is 72.0 Å². The number of aromatic hydroxyl groups is 1. The summed E-state index contributed by atoms with van der Waals surface area (Å²) in [6.45, 7) is 3.29. The summed E-state index contributed by atoms with van der Waals surface area (Å²) in [5.74, 6) is 0.548. The van der Waals surface area contributed by atoms with Crippen LogP contribution in [0.3, 0.4) is 0 Å². The zero-order valence-corrected chi connectivity index (χ0v) is 39.6. The van der Waals surface area contributed by atoms with E-state index in [9.17, 15) is 30.0 Å². The summed E-state index contributed by atoms with van der Waals surface area (Å²) in [5.41, 5.74) is 8.07. The second kappa shape index (κ2) is 17.9. The highest BCUT2D eigenvalue weighted by atomic mass is 16.5. The summed E-state index contributed by atoms with van der Waals surface area (Å²) in [6.07, 6.45) is 9.69. The van der Waals surface area contributed by atoms with Crippen molar-refractivity contribution < 1.29 is 53.7 Å². The molecule has 4 aliphatic carbocycles. The Morgan fingerprint density at radius 1 is 0.884 bits per heavy atom. The maximum absolute atomic E-state index is 13.1. The number of carbonyl (C=O) groups is 2. The molecule has 0 saturated heterocycles. The molecule has 0 unspecified atom stereocenters. The van der Waals surface area contributed by atoms with Gasteiger partial charge in [0.1, 0.15) is 24.0 Å². The third-order valence-corrected chi connectivity index (χ3v) is 17.3. The molecule has 0 aromatic heterocycles. The van der Waals surface area contributed by atoms with Crippen LogP contribution in [0.5, 0.6) is 34.5 Å². The number of methoxy groups -OCH3 is 2. The molecule has 7 atom stereocenters. The number of nitrogens with one attached hydrogen (secondary N) is 2. The maximum Gasteiger partial charge on any atom is 0.253 e. The first-order valence-corrected chi connectivity index (χ1v) is 24.8. The lowest BCUT2D eigenvalue weighted by Gasteiger charge is -2.60. The van der Waals surface area contributed by atoms with Crippen LogP contribution < -0.4 is 34.3 Å². The van der Waals surface area contributed by atoms with Crippen molar-refractivity contribution in [3.8, 4) is 45.6 Å². The number of aryl methyl sites for hydroxylation is 1. The van der Waals surface area contributed by atoms with E-state index < -0.39 is 29.6 Å². The number of nitrogens with zero attached hydrogens (tertiary/aromatic N) is 1. The van der Waals surface area contributed by atoms with E-state index in [-0.39, 0.29) is 72.9 Å². The summed E-state index contributed by atoms with van der Waals surface area (Å²) in [6, 6.07) is 15.7. The molecule has 69 heavy (non-hydrogen) atoms. The van der Waals surface area contributed by atoms with Crippen LogP contribution in [0.15, 0.2) is 60.7 Å². The zero-order valence-electron chi connectivity index (χ0n) is 39.6. The number of phenols is 1.